The minimum Gasteiger partial charge on any atom is -0.454 e. The Morgan fingerprint density at radius 2 is 1.72 bits per heavy atom. The van der Waals surface area contributed by atoms with Crippen molar-refractivity contribution in [2.75, 3.05) is 30.1 Å². The lowest BCUT2D eigenvalue weighted by molar-refractivity contribution is -0.137. The number of fused-ring (bicyclic) bond motifs is 1. The van der Waals surface area contributed by atoms with E-state index in [1.54, 1.807) is 34.1 Å². The molecule has 36 heavy (non-hydrogen) atoms. The van der Waals surface area contributed by atoms with Crippen molar-refractivity contribution in [2.24, 2.45) is 0 Å². The number of benzene rings is 3. The van der Waals surface area contributed by atoms with Crippen molar-refractivity contribution in [2.45, 2.75) is 19.1 Å². The number of carbonyl (C=O) groups excluding carboxylic acids is 2. The van der Waals surface area contributed by atoms with Crippen LogP contribution in [0.4, 0.5) is 29.3 Å². The van der Waals surface area contributed by atoms with Crippen LogP contribution in [0.1, 0.15) is 27.9 Å². The Balaban J connectivity index is 1.24. The lowest BCUT2D eigenvalue weighted by atomic mass is 10.1. The van der Waals surface area contributed by atoms with E-state index in [1.807, 2.05) is 18.2 Å². The molecule has 1 N–H and O–H groups in total. The van der Waals surface area contributed by atoms with E-state index in [-0.39, 0.29) is 18.4 Å². The van der Waals surface area contributed by atoms with E-state index in [4.69, 9.17) is 9.47 Å². The number of urea groups is 1. The molecule has 0 saturated carbocycles. The molecular weight excluding hydrogens is 475 g/mol. The number of rotatable bonds is 5. The molecule has 2 aliphatic rings. The highest BCUT2D eigenvalue weighted by Gasteiger charge is 2.31. The van der Waals surface area contributed by atoms with Crippen molar-refractivity contribution in [3.63, 3.8) is 0 Å². The molecule has 0 atom stereocenters. The summed E-state index contributed by atoms with van der Waals surface area (Å²) < 4.78 is 49.6. The first-order chi connectivity index (χ1) is 17.3. The van der Waals surface area contributed by atoms with Crippen molar-refractivity contribution in [3.8, 4) is 11.5 Å². The Morgan fingerprint density at radius 1 is 0.944 bits per heavy atom. The van der Waals surface area contributed by atoms with Crippen molar-refractivity contribution in [1.82, 2.24) is 4.90 Å². The third kappa shape index (κ3) is 4.93. The third-order valence-corrected chi connectivity index (χ3v) is 6.01. The van der Waals surface area contributed by atoms with E-state index in [9.17, 15) is 22.8 Å². The van der Waals surface area contributed by atoms with Gasteiger partial charge in [0.1, 0.15) is 0 Å². The first-order valence-corrected chi connectivity index (χ1v) is 11.3. The Hall–Kier alpha value is -4.21. The second kappa shape index (κ2) is 9.44. The van der Waals surface area contributed by atoms with Crippen molar-refractivity contribution in [3.05, 3.63) is 83.4 Å². The number of amides is 3. The summed E-state index contributed by atoms with van der Waals surface area (Å²) in [5.41, 5.74) is 1.01. The van der Waals surface area contributed by atoms with Crippen LogP contribution in [0, 0.1) is 0 Å². The fourth-order valence-corrected chi connectivity index (χ4v) is 4.19. The molecule has 0 aliphatic carbocycles. The maximum atomic E-state index is 13.2. The van der Waals surface area contributed by atoms with Gasteiger partial charge in [-0.05, 0) is 66.6 Å². The summed E-state index contributed by atoms with van der Waals surface area (Å²) >= 11 is 0. The summed E-state index contributed by atoms with van der Waals surface area (Å²) in [6, 6.07) is 16.3. The Bertz CT molecular complexity index is 1290. The number of hydrogen-bond donors (Lipinski definition) is 1. The van der Waals surface area contributed by atoms with Crippen LogP contribution < -0.4 is 19.7 Å². The zero-order valence-electron chi connectivity index (χ0n) is 19.0. The van der Waals surface area contributed by atoms with E-state index in [0.717, 1.165) is 24.1 Å². The SMILES string of the molecule is O=C(Nc1ccc(N2CCCN(Cc3ccc4c(c3)OCO4)C2=O)cc1)c1cccc(C(F)(F)F)c1. The van der Waals surface area contributed by atoms with E-state index in [2.05, 4.69) is 5.32 Å². The summed E-state index contributed by atoms with van der Waals surface area (Å²) in [5.74, 6) is 0.694. The molecule has 3 aromatic carbocycles. The largest absolute Gasteiger partial charge is 0.454 e. The number of anilines is 2. The van der Waals surface area contributed by atoms with Gasteiger partial charge in [0, 0.05) is 36.6 Å². The Labute approximate surface area is 205 Å². The monoisotopic (exact) mass is 497 g/mol. The van der Waals surface area contributed by atoms with Crippen molar-refractivity contribution >= 4 is 23.3 Å². The van der Waals surface area contributed by atoms with Crippen LogP contribution in [0.15, 0.2) is 66.7 Å². The van der Waals surface area contributed by atoms with E-state index in [1.165, 1.54) is 12.1 Å². The number of carbonyl (C=O) groups is 2. The average molecular weight is 497 g/mol. The lowest BCUT2D eigenvalue weighted by Crippen LogP contribution is -2.49. The van der Waals surface area contributed by atoms with Gasteiger partial charge in [0.05, 0.1) is 5.56 Å². The van der Waals surface area contributed by atoms with Crippen molar-refractivity contribution in [1.29, 1.82) is 0 Å². The number of ether oxygens (including phenoxy) is 2. The number of alkyl halides is 3. The zero-order valence-corrected chi connectivity index (χ0v) is 19.0. The Kier molecular flexibility index (Phi) is 6.17. The van der Waals surface area contributed by atoms with Crippen LogP contribution in [-0.4, -0.2) is 36.7 Å². The highest BCUT2D eigenvalue weighted by atomic mass is 19.4. The van der Waals surface area contributed by atoms with Gasteiger partial charge < -0.3 is 19.7 Å². The number of halogens is 3. The molecule has 186 valence electrons. The van der Waals surface area contributed by atoms with Crippen molar-refractivity contribution < 1.29 is 32.2 Å². The summed E-state index contributed by atoms with van der Waals surface area (Å²) in [6.45, 7) is 1.78. The zero-order chi connectivity index (χ0) is 25.3. The number of nitrogens with zero attached hydrogens (tertiary/aromatic N) is 2. The van der Waals surface area contributed by atoms with Crippen LogP contribution in [-0.2, 0) is 12.7 Å². The van der Waals surface area contributed by atoms with Gasteiger partial charge in [-0.1, -0.05) is 12.1 Å². The van der Waals surface area contributed by atoms with Crippen LogP contribution in [0.3, 0.4) is 0 Å². The molecule has 1 fully saturated rings. The van der Waals surface area contributed by atoms with Gasteiger partial charge in [0.15, 0.2) is 11.5 Å². The van der Waals surface area contributed by atoms with Crippen LogP contribution in [0.2, 0.25) is 0 Å². The molecule has 0 spiro atoms. The predicted octanol–water partition coefficient (Wildman–Crippen LogP) is 5.52. The summed E-state index contributed by atoms with van der Waals surface area (Å²) in [5, 5.41) is 2.60. The van der Waals surface area contributed by atoms with E-state index >= 15 is 0 Å². The standard InChI is InChI=1S/C26H22F3N3O4/c27-26(28,29)19-4-1-3-18(14-19)24(33)30-20-6-8-21(9-7-20)32-12-2-11-31(25(32)34)15-17-5-10-22-23(13-17)36-16-35-22/h1,3-10,13-14H,2,11-12,15-16H2,(H,30,33). The van der Waals surface area contributed by atoms with Crippen LogP contribution in [0.5, 0.6) is 11.5 Å². The van der Waals surface area contributed by atoms with Gasteiger partial charge in [-0.25, -0.2) is 4.79 Å². The van der Waals surface area contributed by atoms with Gasteiger partial charge in [-0.2, -0.15) is 13.2 Å². The average Bonchev–Trinajstić information content (AvgIpc) is 3.33. The molecule has 5 rings (SSSR count). The maximum Gasteiger partial charge on any atom is 0.416 e. The summed E-state index contributed by atoms with van der Waals surface area (Å²) in [6.07, 6.45) is -3.75. The van der Waals surface area contributed by atoms with Crippen LogP contribution >= 0.6 is 0 Å². The van der Waals surface area contributed by atoms with E-state index < -0.39 is 17.6 Å². The van der Waals surface area contributed by atoms with Gasteiger partial charge in [-0.3, -0.25) is 9.69 Å². The number of hydrogen-bond acceptors (Lipinski definition) is 4. The van der Waals surface area contributed by atoms with Gasteiger partial charge in [0.25, 0.3) is 5.91 Å². The summed E-state index contributed by atoms with van der Waals surface area (Å²) in [7, 11) is 0. The molecule has 0 aromatic heterocycles. The molecule has 2 aliphatic heterocycles. The molecule has 0 unspecified atom stereocenters. The molecule has 1 saturated heterocycles. The molecule has 7 nitrogen and oxygen atoms in total. The molecule has 3 amide bonds. The molecule has 0 bridgehead atoms. The minimum absolute atomic E-state index is 0.0979. The molecule has 0 radical (unpaired) electrons. The highest BCUT2D eigenvalue weighted by Crippen LogP contribution is 2.33. The quantitative estimate of drug-likeness (QED) is 0.504. The first kappa shape index (κ1) is 23.5. The minimum atomic E-state index is -4.53. The predicted molar refractivity (Wildman–Crippen MR) is 126 cm³/mol. The van der Waals surface area contributed by atoms with Gasteiger partial charge in [-0.15, -0.1) is 0 Å². The second-order valence-corrected chi connectivity index (χ2v) is 8.48. The molecule has 2 heterocycles. The first-order valence-electron chi connectivity index (χ1n) is 11.3. The second-order valence-electron chi connectivity index (χ2n) is 8.48. The lowest BCUT2D eigenvalue weighted by Gasteiger charge is -2.35. The van der Waals surface area contributed by atoms with E-state index in [0.29, 0.717) is 42.5 Å². The smallest absolute Gasteiger partial charge is 0.416 e. The van der Waals surface area contributed by atoms with Gasteiger partial charge >= 0.3 is 12.2 Å². The molecule has 3 aromatic rings. The topological polar surface area (TPSA) is 71.1 Å². The Morgan fingerprint density at radius 3 is 2.50 bits per heavy atom. The maximum absolute atomic E-state index is 13.2. The number of nitrogens with one attached hydrogen (secondary N) is 1. The normalized spacial score (nSPS) is 15.2. The molecule has 10 heteroatoms. The molecular formula is C26H22F3N3O4. The fourth-order valence-electron chi connectivity index (χ4n) is 4.19. The third-order valence-electron chi connectivity index (χ3n) is 6.01. The van der Waals surface area contributed by atoms with Gasteiger partial charge in [0.2, 0.25) is 6.79 Å². The fraction of sp³-hybridized carbons (Fsp3) is 0.231. The van der Waals surface area contributed by atoms with Crippen LogP contribution in [0.25, 0.3) is 0 Å². The highest BCUT2D eigenvalue weighted by molar-refractivity contribution is 6.04. The summed E-state index contributed by atoms with van der Waals surface area (Å²) in [4.78, 5) is 29.0.